The number of rotatable bonds is 4. The Balaban J connectivity index is 2.48. The van der Waals surface area contributed by atoms with Crippen molar-refractivity contribution in [2.75, 3.05) is 5.32 Å². The van der Waals surface area contributed by atoms with Crippen LogP contribution in [0.25, 0.3) is 0 Å². The third kappa shape index (κ3) is 3.36. The summed E-state index contributed by atoms with van der Waals surface area (Å²) < 4.78 is 14.0. The Morgan fingerprint density at radius 3 is 2.62 bits per heavy atom. The van der Waals surface area contributed by atoms with E-state index in [0.29, 0.717) is 11.3 Å². The number of nitrogens with two attached hydrogens (primary N) is 1. The Labute approximate surface area is 135 Å². The van der Waals surface area contributed by atoms with Crippen LogP contribution in [0.3, 0.4) is 0 Å². The molecule has 0 spiro atoms. The molecule has 2 aromatic carbocycles. The van der Waals surface area contributed by atoms with E-state index in [1.807, 2.05) is 12.1 Å². The molecule has 110 valence electrons. The van der Waals surface area contributed by atoms with Gasteiger partial charge in [0, 0.05) is 20.7 Å². The summed E-state index contributed by atoms with van der Waals surface area (Å²) in [6.45, 7) is 1.61. The van der Waals surface area contributed by atoms with Crippen molar-refractivity contribution in [1.82, 2.24) is 0 Å². The summed E-state index contributed by atoms with van der Waals surface area (Å²) in [5.41, 5.74) is 5.37. The monoisotopic (exact) mass is 370 g/mol. The van der Waals surface area contributed by atoms with Crippen molar-refractivity contribution in [2.45, 2.75) is 12.5 Å². The summed E-state index contributed by atoms with van der Waals surface area (Å²) in [4.78, 5) is 11.9. The minimum absolute atomic E-state index is 0.138. The largest absolute Gasteiger partial charge is 0.368 e. The Morgan fingerprint density at radius 2 is 2.05 bits per heavy atom. The third-order valence-electron chi connectivity index (χ3n) is 3.18. The van der Waals surface area contributed by atoms with Crippen molar-refractivity contribution < 1.29 is 9.18 Å². The maximum Gasteiger partial charge on any atom is 0.247 e. The van der Waals surface area contributed by atoms with Gasteiger partial charge in [-0.3, -0.25) is 4.79 Å². The summed E-state index contributed by atoms with van der Waals surface area (Å²) >= 11 is 9.41. The molecule has 3 nitrogen and oxygen atoms in total. The molecule has 0 aromatic heterocycles. The minimum Gasteiger partial charge on any atom is -0.368 e. The highest BCUT2D eigenvalue weighted by Gasteiger charge is 2.35. The Hall–Kier alpha value is -1.59. The van der Waals surface area contributed by atoms with Crippen LogP contribution in [-0.4, -0.2) is 5.91 Å². The van der Waals surface area contributed by atoms with Crippen LogP contribution in [0, 0.1) is 5.82 Å². The lowest BCUT2D eigenvalue weighted by Crippen LogP contribution is -2.45. The van der Waals surface area contributed by atoms with Crippen molar-refractivity contribution >= 4 is 39.1 Å². The van der Waals surface area contributed by atoms with E-state index in [1.165, 1.54) is 12.1 Å². The number of anilines is 1. The molecule has 0 bridgehead atoms. The predicted octanol–water partition coefficient (Wildman–Crippen LogP) is 4.05. The van der Waals surface area contributed by atoms with Crippen molar-refractivity contribution in [3.05, 3.63) is 63.3 Å². The Morgan fingerprint density at radius 1 is 1.33 bits per heavy atom. The third-order valence-corrected chi connectivity index (χ3v) is 3.99. The quantitative estimate of drug-likeness (QED) is 0.852. The van der Waals surface area contributed by atoms with E-state index in [9.17, 15) is 9.18 Å². The fourth-order valence-corrected chi connectivity index (χ4v) is 2.77. The van der Waals surface area contributed by atoms with Crippen LogP contribution in [-0.2, 0) is 10.3 Å². The van der Waals surface area contributed by atoms with Gasteiger partial charge in [0.2, 0.25) is 5.91 Å². The first-order valence-corrected chi connectivity index (χ1v) is 7.29. The van der Waals surface area contributed by atoms with Crippen LogP contribution in [0.5, 0.6) is 0 Å². The molecule has 0 saturated heterocycles. The zero-order chi connectivity index (χ0) is 15.6. The first-order chi connectivity index (χ1) is 9.83. The lowest BCUT2D eigenvalue weighted by Gasteiger charge is -2.30. The van der Waals surface area contributed by atoms with Crippen molar-refractivity contribution in [2.24, 2.45) is 5.73 Å². The van der Waals surface area contributed by atoms with E-state index >= 15 is 0 Å². The molecule has 6 heteroatoms. The van der Waals surface area contributed by atoms with Crippen LogP contribution < -0.4 is 11.1 Å². The number of carbonyl (C=O) groups is 1. The van der Waals surface area contributed by atoms with Gasteiger partial charge in [-0.25, -0.2) is 4.39 Å². The van der Waals surface area contributed by atoms with E-state index in [0.717, 1.165) is 10.5 Å². The van der Waals surface area contributed by atoms with Crippen molar-refractivity contribution in [1.29, 1.82) is 0 Å². The van der Waals surface area contributed by atoms with Gasteiger partial charge < -0.3 is 11.1 Å². The van der Waals surface area contributed by atoms with Gasteiger partial charge >= 0.3 is 0 Å². The van der Waals surface area contributed by atoms with E-state index < -0.39 is 17.3 Å². The summed E-state index contributed by atoms with van der Waals surface area (Å²) in [6.07, 6.45) is 0. The van der Waals surface area contributed by atoms with Gasteiger partial charge in [-0.05, 0) is 37.3 Å². The standard InChI is InChI=1S/C15H13BrClFN2O/c1-15(14(19)21,12-6-5-10(18)8-13(12)17)20-11-4-2-3-9(16)7-11/h2-8,20H,1H3,(H2,19,21). The average Bonchev–Trinajstić information content (AvgIpc) is 2.38. The van der Waals surface area contributed by atoms with Gasteiger partial charge in [-0.15, -0.1) is 0 Å². The topological polar surface area (TPSA) is 55.1 Å². The molecule has 0 heterocycles. The number of hydrogen-bond donors (Lipinski definition) is 2. The lowest BCUT2D eigenvalue weighted by atomic mass is 9.90. The number of primary amides is 1. The molecule has 0 fully saturated rings. The molecule has 1 atom stereocenters. The number of amides is 1. The number of halogens is 3. The van der Waals surface area contributed by atoms with Crippen molar-refractivity contribution in [3.8, 4) is 0 Å². The molecule has 0 radical (unpaired) electrons. The molecule has 0 saturated carbocycles. The smallest absolute Gasteiger partial charge is 0.247 e. The van der Waals surface area contributed by atoms with E-state index in [-0.39, 0.29) is 5.02 Å². The second-order valence-corrected chi connectivity index (χ2v) is 6.07. The SMILES string of the molecule is CC(Nc1cccc(Br)c1)(C(N)=O)c1ccc(F)cc1Cl. The van der Waals surface area contributed by atoms with Gasteiger partial charge in [0.1, 0.15) is 11.4 Å². The minimum atomic E-state index is -1.26. The summed E-state index contributed by atoms with van der Waals surface area (Å²) in [5, 5.41) is 3.20. The van der Waals surface area contributed by atoms with E-state index in [4.69, 9.17) is 17.3 Å². The second-order valence-electron chi connectivity index (χ2n) is 4.75. The second kappa shape index (κ2) is 6.03. The maximum atomic E-state index is 13.2. The highest BCUT2D eigenvalue weighted by atomic mass is 79.9. The van der Waals surface area contributed by atoms with Crippen LogP contribution >= 0.6 is 27.5 Å². The van der Waals surface area contributed by atoms with Crippen LogP contribution in [0.15, 0.2) is 46.9 Å². The Bertz CT molecular complexity index is 695. The van der Waals surface area contributed by atoms with E-state index in [1.54, 1.807) is 19.1 Å². The summed E-state index contributed by atoms with van der Waals surface area (Å²) in [5.74, 6) is -1.09. The molecule has 2 aromatic rings. The molecule has 2 rings (SSSR count). The molecule has 1 unspecified atom stereocenters. The first kappa shape index (κ1) is 15.8. The normalized spacial score (nSPS) is 13.5. The fraction of sp³-hybridized carbons (Fsp3) is 0.133. The van der Waals surface area contributed by atoms with Crippen LogP contribution in [0.2, 0.25) is 5.02 Å². The number of hydrogen-bond acceptors (Lipinski definition) is 2. The zero-order valence-corrected chi connectivity index (χ0v) is 13.5. The lowest BCUT2D eigenvalue weighted by molar-refractivity contribution is -0.122. The van der Waals surface area contributed by atoms with Crippen molar-refractivity contribution in [3.63, 3.8) is 0 Å². The predicted molar refractivity (Wildman–Crippen MR) is 85.7 cm³/mol. The molecule has 0 aliphatic carbocycles. The highest BCUT2D eigenvalue weighted by Crippen LogP contribution is 2.32. The molecular formula is C15H13BrClFN2O. The van der Waals surface area contributed by atoms with Gasteiger partial charge in [-0.2, -0.15) is 0 Å². The van der Waals surface area contributed by atoms with Gasteiger partial charge in [0.15, 0.2) is 0 Å². The molecule has 0 aliphatic rings. The molecule has 21 heavy (non-hydrogen) atoms. The number of benzene rings is 2. The highest BCUT2D eigenvalue weighted by molar-refractivity contribution is 9.10. The summed E-state index contributed by atoms with van der Waals surface area (Å²) in [7, 11) is 0. The molecule has 1 amide bonds. The van der Waals surface area contributed by atoms with Crippen LogP contribution in [0.1, 0.15) is 12.5 Å². The van der Waals surface area contributed by atoms with E-state index in [2.05, 4.69) is 21.2 Å². The van der Waals surface area contributed by atoms with Gasteiger partial charge in [-0.1, -0.05) is 39.7 Å². The number of nitrogens with one attached hydrogen (secondary N) is 1. The van der Waals surface area contributed by atoms with Gasteiger partial charge in [0.25, 0.3) is 0 Å². The molecule has 3 N–H and O–H groups in total. The average molecular weight is 372 g/mol. The van der Waals surface area contributed by atoms with Gasteiger partial charge in [0.05, 0.1) is 0 Å². The number of carbonyl (C=O) groups excluding carboxylic acids is 1. The fourth-order valence-electron chi connectivity index (χ4n) is 2.01. The molecular weight excluding hydrogens is 359 g/mol. The summed E-state index contributed by atoms with van der Waals surface area (Å²) in [6, 6.07) is 11.1. The Kier molecular flexibility index (Phi) is 4.54. The maximum absolute atomic E-state index is 13.2. The molecule has 0 aliphatic heterocycles. The zero-order valence-electron chi connectivity index (χ0n) is 11.2. The van der Waals surface area contributed by atoms with Crippen LogP contribution in [0.4, 0.5) is 10.1 Å². The first-order valence-electron chi connectivity index (χ1n) is 6.12.